The van der Waals surface area contributed by atoms with Crippen LogP contribution in [0.5, 0.6) is 0 Å². The van der Waals surface area contributed by atoms with Crippen LogP contribution < -0.4 is 5.73 Å². The predicted octanol–water partition coefficient (Wildman–Crippen LogP) is 0.833. The lowest BCUT2D eigenvalue weighted by molar-refractivity contribution is -0.135. The van der Waals surface area contributed by atoms with Gasteiger partial charge in [-0.3, -0.25) is 9.69 Å². The fourth-order valence-electron chi connectivity index (χ4n) is 2.46. The second-order valence-electron chi connectivity index (χ2n) is 5.36. The van der Waals surface area contributed by atoms with Gasteiger partial charge in [0.05, 0.1) is 6.04 Å². The van der Waals surface area contributed by atoms with Crippen molar-refractivity contribution in [3.63, 3.8) is 0 Å². The molecule has 4 heteroatoms. The van der Waals surface area contributed by atoms with Crippen LogP contribution in [-0.4, -0.2) is 54.0 Å². The molecule has 0 spiro atoms. The average molecular weight is 239 g/mol. The van der Waals surface area contributed by atoms with E-state index in [9.17, 15) is 4.79 Å². The molecule has 0 saturated carbocycles. The second-order valence-corrected chi connectivity index (χ2v) is 5.36. The number of amides is 1. The van der Waals surface area contributed by atoms with Gasteiger partial charge in [-0.05, 0) is 33.2 Å². The van der Waals surface area contributed by atoms with E-state index < -0.39 is 0 Å². The summed E-state index contributed by atoms with van der Waals surface area (Å²) in [4.78, 5) is 16.4. The first-order valence-electron chi connectivity index (χ1n) is 6.26. The van der Waals surface area contributed by atoms with E-state index in [1.165, 1.54) is 0 Å². The third-order valence-corrected chi connectivity index (χ3v) is 3.64. The topological polar surface area (TPSA) is 49.6 Å². The summed E-state index contributed by atoms with van der Waals surface area (Å²) in [6.45, 7) is 10.2. The molecule has 98 valence electrons. The molecule has 4 nitrogen and oxygen atoms in total. The first-order chi connectivity index (χ1) is 7.94. The van der Waals surface area contributed by atoms with E-state index in [0.29, 0.717) is 13.0 Å². The van der Waals surface area contributed by atoms with Gasteiger partial charge in [0.25, 0.3) is 0 Å². The van der Waals surface area contributed by atoms with Crippen molar-refractivity contribution in [2.24, 2.45) is 5.73 Å². The third kappa shape index (κ3) is 3.07. The van der Waals surface area contributed by atoms with Crippen LogP contribution in [-0.2, 0) is 4.79 Å². The normalized spacial score (nSPS) is 25.8. The summed E-state index contributed by atoms with van der Waals surface area (Å²) in [5.41, 5.74) is 5.65. The van der Waals surface area contributed by atoms with E-state index in [1.807, 2.05) is 18.0 Å². The number of likely N-dealkylation sites (N-methyl/N-ethyl adjacent to an activating group) is 1. The second kappa shape index (κ2) is 5.65. The molecule has 1 unspecified atom stereocenters. The molecule has 0 aromatic heterocycles. The lowest BCUT2D eigenvalue weighted by Gasteiger charge is -2.40. The van der Waals surface area contributed by atoms with Gasteiger partial charge in [0.2, 0.25) is 5.91 Å². The Hall–Kier alpha value is -0.870. The van der Waals surface area contributed by atoms with E-state index in [1.54, 1.807) is 0 Å². The largest absolute Gasteiger partial charge is 0.344 e. The number of rotatable bonds is 4. The minimum Gasteiger partial charge on any atom is -0.344 e. The standard InChI is InChI=1S/C13H25N3O/c1-5-9-16-11(6-8-14)12(17)15(4)10-7-13(16,2)3/h5,11H,1,6-10,14H2,2-4H3. The van der Waals surface area contributed by atoms with E-state index in [-0.39, 0.29) is 17.5 Å². The van der Waals surface area contributed by atoms with Gasteiger partial charge >= 0.3 is 0 Å². The van der Waals surface area contributed by atoms with E-state index in [0.717, 1.165) is 19.5 Å². The highest BCUT2D eigenvalue weighted by Gasteiger charge is 2.39. The number of hydrogen-bond donors (Lipinski definition) is 1. The van der Waals surface area contributed by atoms with Crippen molar-refractivity contribution < 1.29 is 4.79 Å². The molecule has 2 N–H and O–H groups in total. The summed E-state index contributed by atoms with van der Waals surface area (Å²) in [5.74, 6) is 0.183. The third-order valence-electron chi connectivity index (χ3n) is 3.64. The Labute approximate surface area is 104 Å². The lowest BCUT2D eigenvalue weighted by atomic mass is 9.96. The zero-order valence-corrected chi connectivity index (χ0v) is 11.3. The fraction of sp³-hybridized carbons (Fsp3) is 0.769. The molecule has 0 aliphatic carbocycles. The molecule has 0 aromatic carbocycles. The van der Waals surface area contributed by atoms with Crippen molar-refractivity contribution in [2.75, 3.05) is 26.7 Å². The fourth-order valence-corrected chi connectivity index (χ4v) is 2.46. The molecule has 1 rings (SSSR count). The van der Waals surface area contributed by atoms with Crippen molar-refractivity contribution in [1.29, 1.82) is 0 Å². The summed E-state index contributed by atoms with van der Waals surface area (Å²) in [6.07, 6.45) is 3.55. The molecule has 1 aliphatic heterocycles. The first kappa shape index (κ1) is 14.2. The highest BCUT2D eigenvalue weighted by molar-refractivity contribution is 5.82. The number of nitrogens with two attached hydrogens (primary N) is 1. The quantitative estimate of drug-likeness (QED) is 0.739. The highest BCUT2D eigenvalue weighted by Crippen LogP contribution is 2.27. The van der Waals surface area contributed by atoms with Crippen molar-refractivity contribution in [1.82, 2.24) is 9.80 Å². The zero-order valence-electron chi connectivity index (χ0n) is 11.3. The number of carbonyl (C=O) groups is 1. The highest BCUT2D eigenvalue weighted by atomic mass is 16.2. The van der Waals surface area contributed by atoms with Crippen LogP contribution in [0.3, 0.4) is 0 Å². The Kier molecular flexibility index (Phi) is 4.71. The van der Waals surface area contributed by atoms with Crippen LogP contribution in [0.4, 0.5) is 0 Å². The maximum absolute atomic E-state index is 12.3. The van der Waals surface area contributed by atoms with Crippen LogP contribution in [0.25, 0.3) is 0 Å². The van der Waals surface area contributed by atoms with Gasteiger partial charge in [-0.15, -0.1) is 6.58 Å². The summed E-state index contributed by atoms with van der Waals surface area (Å²) < 4.78 is 0. The smallest absolute Gasteiger partial charge is 0.239 e. The van der Waals surface area contributed by atoms with Gasteiger partial charge < -0.3 is 10.6 Å². The van der Waals surface area contributed by atoms with Crippen LogP contribution in [0, 0.1) is 0 Å². The molecule has 1 heterocycles. The molecule has 1 atom stereocenters. The lowest BCUT2D eigenvalue weighted by Crippen LogP contribution is -2.53. The van der Waals surface area contributed by atoms with Crippen LogP contribution in [0.15, 0.2) is 12.7 Å². The summed E-state index contributed by atoms with van der Waals surface area (Å²) in [7, 11) is 1.87. The molecule has 1 aliphatic rings. The van der Waals surface area contributed by atoms with Crippen molar-refractivity contribution in [3.8, 4) is 0 Å². The van der Waals surface area contributed by atoms with Gasteiger partial charge in [0.15, 0.2) is 0 Å². The van der Waals surface area contributed by atoms with Crippen molar-refractivity contribution >= 4 is 5.91 Å². The van der Waals surface area contributed by atoms with Gasteiger partial charge in [-0.25, -0.2) is 0 Å². The SMILES string of the molecule is C=CCN1C(CCN)C(=O)N(C)CCC1(C)C. The summed E-state index contributed by atoms with van der Waals surface area (Å²) in [6, 6.07) is -0.111. The Morgan fingerprint density at radius 3 is 2.76 bits per heavy atom. The molecular weight excluding hydrogens is 214 g/mol. The van der Waals surface area contributed by atoms with E-state index >= 15 is 0 Å². The molecule has 17 heavy (non-hydrogen) atoms. The molecule has 1 saturated heterocycles. The van der Waals surface area contributed by atoms with Crippen LogP contribution >= 0.6 is 0 Å². The molecule has 0 aromatic rings. The number of hydrogen-bond acceptors (Lipinski definition) is 3. The summed E-state index contributed by atoms with van der Waals surface area (Å²) >= 11 is 0. The van der Waals surface area contributed by atoms with Gasteiger partial charge in [-0.1, -0.05) is 6.08 Å². The minimum atomic E-state index is -0.111. The Morgan fingerprint density at radius 1 is 1.59 bits per heavy atom. The van der Waals surface area contributed by atoms with Crippen molar-refractivity contribution in [3.05, 3.63) is 12.7 Å². The Balaban J connectivity index is 3.02. The first-order valence-corrected chi connectivity index (χ1v) is 6.26. The minimum absolute atomic E-state index is 0.00838. The van der Waals surface area contributed by atoms with Crippen LogP contribution in [0.1, 0.15) is 26.7 Å². The van der Waals surface area contributed by atoms with Crippen LogP contribution in [0.2, 0.25) is 0 Å². The molecule has 1 amide bonds. The predicted molar refractivity (Wildman–Crippen MR) is 70.7 cm³/mol. The molecule has 0 bridgehead atoms. The maximum atomic E-state index is 12.3. The Bertz CT molecular complexity index is 288. The van der Waals surface area contributed by atoms with Crippen molar-refractivity contribution in [2.45, 2.75) is 38.3 Å². The molecular formula is C13H25N3O. The monoisotopic (exact) mass is 239 g/mol. The zero-order chi connectivity index (χ0) is 13.1. The molecule has 1 fully saturated rings. The van der Waals surface area contributed by atoms with Gasteiger partial charge in [0.1, 0.15) is 0 Å². The van der Waals surface area contributed by atoms with E-state index in [2.05, 4.69) is 25.3 Å². The average Bonchev–Trinajstić information content (AvgIpc) is 2.35. The summed E-state index contributed by atoms with van der Waals surface area (Å²) in [5, 5.41) is 0. The maximum Gasteiger partial charge on any atom is 0.239 e. The molecule has 0 radical (unpaired) electrons. The van der Waals surface area contributed by atoms with E-state index in [4.69, 9.17) is 5.73 Å². The van der Waals surface area contributed by atoms with Gasteiger partial charge in [-0.2, -0.15) is 0 Å². The van der Waals surface area contributed by atoms with Gasteiger partial charge in [0, 0.05) is 25.7 Å². The number of nitrogens with zero attached hydrogens (tertiary/aromatic N) is 2. The Morgan fingerprint density at radius 2 is 2.24 bits per heavy atom. The number of carbonyl (C=O) groups excluding carboxylic acids is 1.